The molecule has 1 rings (SSSR count). The highest BCUT2D eigenvalue weighted by Crippen LogP contribution is 2.05. The second-order valence-electron chi connectivity index (χ2n) is 4.17. The molecule has 0 fully saturated rings. The molecule has 17 heavy (non-hydrogen) atoms. The number of amides is 1. The summed E-state index contributed by atoms with van der Waals surface area (Å²) in [6.07, 6.45) is 1.41. The summed E-state index contributed by atoms with van der Waals surface area (Å²) in [5.74, 6) is -0.163. The molecule has 0 spiro atoms. The van der Waals surface area contributed by atoms with Gasteiger partial charge in [-0.1, -0.05) is 0 Å². The number of nitrogens with two attached hydrogens (primary N) is 1. The lowest BCUT2D eigenvalue weighted by molar-refractivity contribution is -0.118. The first kappa shape index (κ1) is 13.7. The van der Waals surface area contributed by atoms with E-state index in [4.69, 9.17) is 10.5 Å². The summed E-state index contributed by atoms with van der Waals surface area (Å²) < 4.78 is 6.67. The van der Waals surface area contributed by atoms with Crippen LogP contribution in [0.1, 0.15) is 24.2 Å². The van der Waals surface area contributed by atoms with Crippen molar-refractivity contribution in [3.8, 4) is 0 Å². The van der Waals surface area contributed by atoms with Crippen LogP contribution in [0, 0.1) is 13.8 Å². The Bertz CT molecular complexity index is 354. The molecule has 1 atom stereocenters. The Balaban J connectivity index is 2.48. The Labute approximate surface area is 102 Å². The summed E-state index contributed by atoms with van der Waals surface area (Å²) in [6.45, 7) is 4.50. The van der Waals surface area contributed by atoms with Crippen LogP contribution >= 0.6 is 0 Å². The van der Waals surface area contributed by atoms with Gasteiger partial charge < -0.3 is 10.5 Å². The minimum atomic E-state index is -0.494. The van der Waals surface area contributed by atoms with E-state index in [2.05, 4.69) is 5.43 Å². The van der Waals surface area contributed by atoms with E-state index in [0.717, 1.165) is 17.8 Å². The van der Waals surface area contributed by atoms with Crippen molar-refractivity contribution in [1.82, 2.24) is 4.68 Å². The molecule has 3 N–H and O–H groups in total. The summed E-state index contributed by atoms with van der Waals surface area (Å²) in [4.78, 5) is 11.8. The van der Waals surface area contributed by atoms with Crippen molar-refractivity contribution in [1.29, 1.82) is 0 Å². The van der Waals surface area contributed by atoms with Crippen LogP contribution in [0.15, 0.2) is 12.1 Å². The monoisotopic (exact) mass is 239 g/mol. The van der Waals surface area contributed by atoms with E-state index in [9.17, 15) is 4.79 Å². The highest BCUT2D eigenvalue weighted by Gasteiger charge is 2.14. The minimum Gasteiger partial charge on any atom is -0.385 e. The van der Waals surface area contributed by atoms with Gasteiger partial charge in [0.1, 0.15) is 0 Å². The Morgan fingerprint density at radius 3 is 2.59 bits per heavy atom. The maximum Gasteiger partial charge on any atom is 0.255 e. The van der Waals surface area contributed by atoms with E-state index in [0.29, 0.717) is 13.0 Å². The SMILES string of the molecule is COCCCC(N)C(=O)Nn1c(C)ccc1C. The molecule has 0 aromatic carbocycles. The molecule has 96 valence electrons. The van der Waals surface area contributed by atoms with E-state index >= 15 is 0 Å². The Morgan fingerprint density at radius 2 is 2.06 bits per heavy atom. The molecular weight excluding hydrogens is 218 g/mol. The lowest BCUT2D eigenvalue weighted by Crippen LogP contribution is -2.40. The van der Waals surface area contributed by atoms with E-state index in [1.54, 1.807) is 11.8 Å². The summed E-state index contributed by atoms with van der Waals surface area (Å²) in [5.41, 5.74) is 10.6. The van der Waals surface area contributed by atoms with Gasteiger partial charge in [0.05, 0.1) is 6.04 Å². The zero-order valence-electron chi connectivity index (χ0n) is 10.7. The molecule has 5 heteroatoms. The second-order valence-corrected chi connectivity index (χ2v) is 4.17. The molecule has 0 aliphatic heterocycles. The van der Waals surface area contributed by atoms with Gasteiger partial charge in [0.15, 0.2) is 0 Å². The van der Waals surface area contributed by atoms with Crippen LogP contribution in [0.5, 0.6) is 0 Å². The van der Waals surface area contributed by atoms with Crippen LogP contribution in [-0.2, 0) is 9.53 Å². The molecule has 1 aromatic rings. The molecular formula is C12H21N3O2. The van der Waals surface area contributed by atoms with E-state index < -0.39 is 6.04 Å². The molecule has 0 saturated heterocycles. The smallest absolute Gasteiger partial charge is 0.255 e. The zero-order valence-corrected chi connectivity index (χ0v) is 10.7. The van der Waals surface area contributed by atoms with Crippen molar-refractivity contribution >= 4 is 5.91 Å². The quantitative estimate of drug-likeness (QED) is 0.726. The third-order valence-corrected chi connectivity index (χ3v) is 2.69. The fraction of sp³-hybridized carbons (Fsp3) is 0.583. The Hall–Kier alpha value is -1.33. The maximum absolute atomic E-state index is 11.8. The van der Waals surface area contributed by atoms with Gasteiger partial charge in [0.25, 0.3) is 5.91 Å². The fourth-order valence-electron chi connectivity index (χ4n) is 1.62. The zero-order chi connectivity index (χ0) is 12.8. The van der Waals surface area contributed by atoms with Crippen LogP contribution < -0.4 is 11.2 Å². The normalized spacial score (nSPS) is 12.5. The third kappa shape index (κ3) is 3.87. The molecule has 1 unspecified atom stereocenters. The van der Waals surface area contributed by atoms with Crippen LogP contribution in [0.4, 0.5) is 0 Å². The molecule has 1 heterocycles. The number of aromatic nitrogens is 1. The first-order valence-corrected chi connectivity index (χ1v) is 5.76. The van der Waals surface area contributed by atoms with Gasteiger partial charge in [-0.2, -0.15) is 0 Å². The first-order valence-electron chi connectivity index (χ1n) is 5.76. The lowest BCUT2D eigenvalue weighted by Gasteiger charge is -2.15. The molecule has 0 radical (unpaired) electrons. The van der Waals surface area contributed by atoms with Crippen molar-refractivity contribution in [3.05, 3.63) is 23.5 Å². The standard InChI is InChI=1S/C12H21N3O2/c1-9-6-7-10(2)15(9)14-12(16)11(13)5-4-8-17-3/h6-7,11H,4-5,8,13H2,1-3H3,(H,14,16). The third-order valence-electron chi connectivity index (χ3n) is 2.69. The molecule has 0 saturated carbocycles. The van der Waals surface area contributed by atoms with Crippen molar-refractivity contribution in [2.45, 2.75) is 32.7 Å². The predicted octanol–water partition coefficient (Wildman–Crippen LogP) is 0.929. The van der Waals surface area contributed by atoms with E-state index in [1.165, 1.54) is 0 Å². The maximum atomic E-state index is 11.8. The number of methoxy groups -OCH3 is 1. The summed E-state index contributed by atoms with van der Waals surface area (Å²) in [5, 5.41) is 0. The second kappa shape index (κ2) is 6.42. The van der Waals surface area contributed by atoms with Gasteiger partial charge in [-0.25, -0.2) is 0 Å². The van der Waals surface area contributed by atoms with Gasteiger partial charge in [-0.3, -0.25) is 14.9 Å². The largest absolute Gasteiger partial charge is 0.385 e. The van der Waals surface area contributed by atoms with Crippen LogP contribution in [0.3, 0.4) is 0 Å². The van der Waals surface area contributed by atoms with Crippen LogP contribution in [0.2, 0.25) is 0 Å². The average molecular weight is 239 g/mol. The molecule has 1 amide bonds. The number of nitrogens with one attached hydrogen (secondary N) is 1. The van der Waals surface area contributed by atoms with Crippen molar-refractivity contribution in [3.63, 3.8) is 0 Å². The summed E-state index contributed by atoms with van der Waals surface area (Å²) >= 11 is 0. The fourth-order valence-corrected chi connectivity index (χ4v) is 1.62. The number of ether oxygens (including phenoxy) is 1. The number of hydrogen-bond acceptors (Lipinski definition) is 3. The van der Waals surface area contributed by atoms with E-state index in [-0.39, 0.29) is 5.91 Å². The molecule has 0 aliphatic carbocycles. The number of rotatable bonds is 6. The van der Waals surface area contributed by atoms with Gasteiger partial charge >= 0.3 is 0 Å². The predicted molar refractivity (Wildman–Crippen MR) is 67.4 cm³/mol. The average Bonchev–Trinajstić information content (AvgIpc) is 2.61. The summed E-state index contributed by atoms with van der Waals surface area (Å²) in [6, 6.07) is 3.41. The number of carbonyl (C=O) groups is 1. The van der Waals surface area contributed by atoms with Crippen molar-refractivity contribution in [2.75, 3.05) is 19.1 Å². The van der Waals surface area contributed by atoms with Gasteiger partial charge in [0.2, 0.25) is 0 Å². The number of hydrogen-bond donors (Lipinski definition) is 2. The topological polar surface area (TPSA) is 69.3 Å². The number of carbonyl (C=O) groups excluding carboxylic acids is 1. The lowest BCUT2D eigenvalue weighted by atomic mass is 10.1. The number of nitrogens with zero attached hydrogens (tertiary/aromatic N) is 1. The Kier molecular flexibility index (Phi) is 5.18. The Morgan fingerprint density at radius 1 is 1.47 bits per heavy atom. The minimum absolute atomic E-state index is 0.163. The van der Waals surface area contributed by atoms with Crippen molar-refractivity contribution in [2.24, 2.45) is 5.73 Å². The first-order chi connectivity index (χ1) is 8.06. The van der Waals surface area contributed by atoms with Gasteiger partial charge in [-0.05, 0) is 38.8 Å². The summed E-state index contributed by atoms with van der Waals surface area (Å²) in [7, 11) is 1.64. The number of aryl methyl sites for hydroxylation is 2. The highest BCUT2D eigenvalue weighted by atomic mass is 16.5. The van der Waals surface area contributed by atoms with Crippen LogP contribution in [-0.4, -0.2) is 30.3 Å². The molecule has 0 aliphatic rings. The molecule has 5 nitrogen and oxygen atoms in total. The van der Waals surface area contributed by atoms with E-state index in [1.807, 2.05) is 26.0 Å². The van der Waals surface area contributed by atoms with Crippen LogP contribution in [0.25, 0.3) is 0 Å². The molecule has 1 aromatic heterocycles. The highest BCUT2D eigenvalue weighted by molar-refractivity contribution is 5.88. The van der Waals surface area contributed by atoms with Crippen molar-refractivity contribution < 1.29 is 9.53 Å². The van der Waals surface area contributed by atoms with Gasteiger partial charge in [0, 0.05) is 25.1 Å². The van der Waals surface area contributed by atoms with Gasteiger partial charge in [-0.15, -0.1) is 0 Å². The molecule has 0 bridgehead atoms.